The van der Waals surface area contributed by atoms with Crippen molar-refractivity contribution in [2.45, 2.75) is 30.6 Å². The number of hydrogen-bond acceptors (Lipinski definition) is 8. The molecule has 0 radical (unpaired) electrons. The molecule has 2 aliphatic rings. The number of halogens is 3. The molecule has 0 saturated carbocycles. The Morgan fingerprint density at radius 1 is 1.13 bits per heavy atom. The molecule has 0 bridgehead atoms. The number of esters is 1. The molecule has 0 spiro atoms. The van der Waals surface area contributed by atoms with Crippen LogP contribution in [0.25, 0.3) is 5.57 Å². The summed E-state index contributed by atoms with van der Waals surface area (Å²) in [5, 5.41) is 4.00. The van der Waals surface area contributed by atoms with Crippen molar-refractivity contribution < 1.29 is 22.3 Å². The number of benzene rings is 2. The Morgan fingerprint density at radius 3 is 2.56 bits per heavy atom. The molecule has 1 aromatic heterocycles. The second-order valence-corrected chi connectivity index (χ2v) is 12.3. The van der Waals surface area contributed by atoms with Crippen molar-refractivity contribution >= 4 is 62.0 Å². The van der Waals surface area contributed by atoms with Crippen molar-refractivity contribution in [2.24, 2.45) is 0 Å². The molecule has 0 unspecified atom stereocenters. The third-order valence-electron chi connectivity index (χ3n) is 6.65. The first-order valence-corrected chi connectivity index (χ1v) is 14.7. The lowest BCUT2D eigenvalue weighted by Crippen LogP contribution is -2.31. The van der Waals surface area contributed by atoms with Crippen molar-refractivity contribution in [3.05, 3.63) is 75.2 Å². The maximum Gasteiger partial charge on any atom is 0.309 e. The van der Waals surface area contributed by atoms with Crippen LogP contribution in [0, 0.1) is 5.82 Å². The summed E-state index contributed by atoms with van der Waals surface area (Å²) in [7, 11) is -2.40. The monoisotopic (exact) mass is 590 g/mol. The van der Waals surface area contributed by atoms with Crippen LogP contribution in [0.1, 0.15) is 29.7 Å². The van der Waals surface area contributed by atoms with E-state index in [1.807, 2.05) is 23.1 Å². The smallest absolute Gasteiger partial charge is 0.309 e. The number of sulfone groups is 1. The molecule has 2 aliphatic heterocycles. The standard InChI is InChI=1S/C27H25Cl2FN4O4S/c1-38-24(35)12-16-4-5-22(21(30)11-16)31-26-25-23(3-2-10-39(25,36)37)32-27(33-26)34-8-6-17(7-9-34)18-13-19(28)15-20(29)14-18/h4-6,11,13-15H,2-3,7-10,12H2,1H3,(H,31,32,33). The Labute approximate surface area is 235 Å². The van der Waals surface area contributed by atoms with E-state index in [1.165, 1.54) is 19.2 Å². The van der Waals surface area contributed by atoms with E-state index in [-0.39, 0.29) is 28.6 Å². The molecule has 12 heteroatoms. The highest BCUT2D eigenvalue weighted by molar-refractivity contribution is 7.91. The number of nitrogens with one attached hydrogen (secondary N) is 1. The number of fused-ring (bicyclic) bond motifs is 1. The van der Waals surface area contributed by atoms with Gasteiger partial charge in [0.15, 0.2) is 15.7 Å². The first-order valence-electron chi connectivity index (χ1n) is 12.3. The molecule has 3 aromatic rings. The van der Waals surface area contributed by atoms with Gasteiger partial charge < -0.3 is 15.0 Å². The minimum Gasteiger partial charge on any atom is -0.469 e. The zero-order valence-electron chi connectivity index (χ0n) is 21.0. The number of carbonyl (C=O) groups excluding carboxylic acids is 1. The Morgan fingerprint density at radius 2 is 1.90 bits per heavy atom. The van der Waals surface area contributed by atoms with Gasteiger partial charge in [0.05, 0.1) is 30.7 Å². The van der Waals surface area contributed by atoms with Crippen molar-refractivity contribution in [3.63, 3.8) is 0 Å². The number of carbonyl (C=O) groups is 1. The predicted octanol–water partition coefficient (Wildman–Crippen LogP) is 5.40. The van der Waals surface area contributed by atoms with Gasteiger partial charge in [0.1, 0.15) is 10.7 Å². The van der Waals surface area contributed by atoms with E-state index in [0.29, 0.717) is 59.6 Å². The van der Waals surface area contributed by atoms with Crippen LogP contribution in [0.5, 0.6) is 0 Å². The highest BCUT2D eigenvalue weighted by Crippen LogP contribution is 2.35. The number of methoxy groups -OCH3 is 1. The minimum absolute atomic E-state index is 0.00246. The van der Waals surface area contributed by atoms with Gasteiger partial charge in [-0.3, -0.25) is 4.79 Å². The van der Waals surface area contributed by atoms with Gasteiger partial charge in [0.25, 0.3) is 0 Å². The lowest BCUT2D eigenvalue weighted by atomic mass is 10.00. The van der Waals surface area contributed by atoms with E-state index in [9.17, 15) is 17.6 Å². The average Bonchev–Trinajstić information content (AvgIpc) is 2.89. The van der Waals surface area contributed by atoms with Crippen molar-refractivity contribution in [3.8, 4) is 0 Å². The molecule has 0 fully saturated rings. The minimum atomic E-state index is -3.66. The van der Waals surface area contributed by atoms with Gasteiger partial charge in [-0.25, -0.2) is 17.8 Å². The van der Waals surface area contributed by atoms with Crippen LogP contribution in [-0.2, 0) is 32.2 Å². The maximum absolute atomic E-state index is 15.0. The molecular formula is C27H25Cl2FN4O4S. The van der Waals surface area contributed by atoms with Crippen LogP contribution in [-0.4, -0.2) is 50.3 Å². The van der Waals surface area contributed by atoms with E-state index in [0.717, 1.165) is 11.1 Å². The van der Waals surface area contributed by atoms with E-state index in [2.05, 4.69) is 20.0 Å². The summed E-state index contributed by atoms with van der Waals surface area (Å²) >= 11 is 12.3. The summed E-state index contributed by atoms with van der Waals surface area (Å²) in [6, 6.07) is 9.64. The summed E-state index contributed by atoms with van der Waals surface area (Å²) in [5.74, 6) is -0.783. The number of ether oxygens (including phenoxy) is 1. The van der Waals surface area contributed by atoms with Gasteiger partial charge in [-0.15, -0.1) is 0 Å². The Bertz CT molecular complexity index is 1580. The zero-order chi connectivity index (χ0) is 27.7. The van der Waals surface area contributed by atoms with Gasteiger partial charge in [-0.1, -0.05) is 35.3 Å². The number of hydrogen-bond donors (Lipinski definition) is 1. The number of aryl methyl sites for hydroxylation is 1. The molecule has 1 N–H and O–H groups in total. The number of nitrogens with zero attached hydrogens (tertiary/aromatic N) is 3. The molecule has 8 nitrogen and oxygen atoms in total. The largest absolute Gasteiger partial charge is 0.469 e. The number of anilines is 3. The maximum atomic E-state index is 15.0. The first kappa shape index (κ1) is 27.4. The van der Waals surface area contributed by atoms with Gasteiger partial charge in [-0.2, -0.15) is 4.98 Å². The summed E-state index contributed by atoms with van der Waals surface area (Å²) < 4.78 is 45.6. The van der Waals surface area contributed by atoms with E-state index in [1.54, 1.807) is 12.1 Å². The molecule has 39 heavy (non-hydrogen) atoms. The molecule has 204 valence electrons. The highest BCUT2D eigenvalue weighted by atomic mass is 35.5. The quantitative estimate of drug-likeness (QED) is 0.381. The van der Waals surface area contributed by atoms with Crippen LogP contribution in [0.2, 0.25) is 10.0 Å². The fraction of sp³-hybridized carbons (Fsp3) is 0.296. The fourth-order valence-electron chi connectivity index (χ4n) is 4.73. The van der Waals surface area contributed by atoms with Gasteiger partial charge in [0, 0.05) is 23.1 Å². The second kappa shape index (κ2) is 11.1. The first-order chi connectivity index (χ1) is 18.6. The third-order valence-corrected chi connectivity index (χ3v) is 8.96. The molecule has 0 atom stereocenters. The molecule has 3 heterocycles. The van der Waals surface area contributed by atoms with E-state index >= 15 is 0 Å². The predicted molar refractivity (Wildman–Crippen MR) is 149 cm³/mol. The number of rotatable bonds is 6. The molecule has 0 amide bonds. The Balaban J connectivity index is 1.47. The van der Waals surface area contributed by atoms with E-state index < -0.39 is 21.6 Å². The Kier molecular flexibility index (Phi) is 7.80. The molecule has 0 aliphatic carbocycles. The van der Waals surface area contributed by atoms with Gasteiger partial charge >= 0.3 is 5.97 Å². The number of aromatic nitrogens is 2. The topological polar surface area (TPSA) is 101 Å². The van der Waals surface area contributed by atoms with Crippen molar-refractivity contribution in [1.29, 1.82) is 0 Å². The van der Waals surface area contributed by atoms with Gasteiger partial charge in [-0.05, 0) is 66.3 Å². The molecule has 5 rings (SSSR count). The summed E-state index contributed by atoms with van der Waals surface area (Å²) in [6.07, 6.45) is 3.55. The summed E-state index contributed by atoms with van der Waals surface area (Å²) in [5.41, 5.74) is 2.91. The van der Waals surface area contributed by atoms with Crippen LogP contribution < -0.4 is 10.2 Å². The molecular weight excluding hydrogens is 566 g/mol. The second-order valence-electron chi connectivity index (χ2n) is 9.35. The lowest BCUT2D eigenvalue weighted by molar-refractivity contribution is -0.139. The van der Waals surface area contributed by atoms with Crippen molar-refractivity contribution in [2.75, 3.05) is 36.2 Å². The normalized spacial score (nSPS) is 16.3. The zero-order valence-corrected chi connectivity index (χ0v) is 23.3. The van der Waals surface area contributed by atoms with Crippen molar-refractivity contribution in [1.82, 2.24) is 9.97 Å². The summed E-state index contributed by atoms with van der Waals surface area (Å²) in [6.45, 7) is 1.07. The van der Waals surface area contributed by atoms with Crippen LogP contribution >= 0.6 is 23.2 Å². The highest BCUT2D eigenvalue weighted by Gasteiger charge is 2.31. The lowest BCUT2D eigenvalue weighted by Gasteiger charge is -2.29. The molecule has 0 saturated heterocycles. The fourth-order valence-corrected chi connectivity index (χ4v) is 6.88. The van der Waals surface area contributed by atoms with Crippen LogP contribution in [0.15, 0.2) is 47.4 Å². The Hall–Kier alpha value is -3.21. The van der Waals surface area contributed by atoms with Gasteiger partial charge in [0.2, 0.25) is 5.95 Å². The van der Waals surface area contributed by atoms with Crippen LogP contribution in [0.4, 0.5) is 21.8 Å². The average molecular weight is 591 g/mol. The van der Waals surface area contributed by atoms with Crippen LogP contribution in [0.3, 0.4) is 0 Å². The third kappa shape index (κ3) is 6.03. The molecule has 2 aromatic carbocycles. The summed E-state index contributed by atoms with van der Waals surface area (Å²) in [4.78, 5) is 22.7. The van der Waals surface area contributed by atoms with E-state index in [4.69, 9.17) is 23.2 Å². The SMILES string of the molecule is COC(=O)Cc1ccc(Nc2nc(N3CC=C(c4cc(Cl)cc(Cl)c4)CC3)nc3c2S(=O)(=O)CCC3)c(F)c1.